The molecule has 0 unspecified atom stereocenters. The first kappa shape index (κ1) is 27.5. The highest BCUT2D eigenvalue weighted by molar-refractivity contribution is 7.81. The van der Waals surface area contributed by atoms with E-state index in [-0.39, 0.29) is 48.2 Å². The summed E-state index contributed by atoms with van der Waals surface area (Å²) in [5.74, 6) is -1.29. The van der Waals surface area contributed by atoms with Gasteiger partial charge in [-0.1, -0.05) is 0 Å². The molecular weight excluding hydrogens is 424 g/mol. The molecule has 0 N–H and O–H groups in total. The molecule has 0 rings (SSSR count). The Morgan fingerprint density at radius 2 is 0.692 bits per heavy atom. The van der Waals surface area contributed by atoms with Gasteiger partial charge in [-0.3, -0.25) is 19.2 Å². The van der Waals surface area contributed by atoms with E-state index in [1.807, 2.05) is 0 Å². The Bertz CT molecular complexity index is 382. The van der Waals surface area contributed by atoms with Gasteiger partial charge in [-0.15, -0.1) is 0 Å². The molecule has 0 aliphatic rings. The maximum atomic E-state index is 10.6. The van der Waals surface area contributed by atoms with Crippen LogP contribution in [0.4, 0.5) is 0 Å². The van der Waals surface area contributed by atoms with Gasteiger partial charge in [0.25, 0.3) is 0 Å². The number of carbonyl (C=O) groups excluding carboxylic acids is 4. The molecular formula is C14H24O8S4. The Morgan fingerprint density at radius 3 is 0.923 bits per heavy atom. The van der Waals surface area contributed by atoms with Crippen LogP contribution >= 0.6 is 50.5 Å². The number of hydrogen-bond donors (Lipinski definition) is 4. The van der Waals surface area contributed by atoms with Crippen LogP contribution in [-0.4, -0.2) is 73.3 Å². The van der Waals surface area contributed by atoms with Crippen molar-refractivity contribution in [1.29, 1.82) is 0 Å². The van der Waals surface area contributed by atoms with Gasteiger partial charge in [0.2, 0.25) is 0 Å². The SMILES string of the molecule is O=C(CS)OCCCCOC(=O)CS.O=C(CS)OCCOC(=O)CS. The van der Waals surface area contributed by atoms with E-state index in [9.17, 15) is 19.2 Å². The maximum absolute atomic E-state index is 10.6. The predicted octanol–water partition coefficient (Wildman–Crippen LogP) is 0.645. The Hall–Kier alpha value is -0.720. The average Bonchev–Trinajstić information content (AvgIpc) is 2.67. The number of rotatable bonds is 12. The molecule has 152 valence electrons. The van der Waals surface area contributed by atoms with E-state index in [0.29, 0.717) is 26.1 Å². The Morgan fingerprint density at radius 1 is 0.462 bits per heavy atom. The zero-order valence-electron chi connectivity index (χ0n) is 14.1. The average molecular weight is 449 g/mol. The van der Waals surface area contributed by atoms with E-state index in [1.54, 1.807) is 0 Å². The molecule has 0 aromatic rings. The summed E-state index contributed by atoms with van der Waals surface area (Å²) in [7, 11) is 0. The fourth-order valence-corrected chi connectivity index (χ4v) is 1.43. The summed E-state index contributed by atoms with van der Waals surface area (Å²) >= 11 is 14.9. The molecule has 0 aromatic carbocycles. The molecule has 0 spiro atoms. The first-order valence-electron chi connectivity index (χ1n) is 7.47. The third-order valence-electron chi connectivity index (χ3n) is 2.19. The van der Waals surface area contributed by atoms with Crippen LogP contribution in [-0.2, 0) is 38.1 Å². The maximum Gasteiger partial charge on any atom is 0.315 e. The number of hydrogen-bond acceptors (Lipinski definition) is 12. The standard InChI is InChI=1S/C8H14O4S2.C6H10O4S2/c9-7(5-13)11-3-1-2-4-12-8(10)6-14;7-5(3-11)9-1-2-10-6(8)4-12/h13-14H,1-6H2;11-12H,1-4H2. The highest BCUT2D eigenvalue weighted by atomic mass is 32.1. The normalized spacial score (nSPS) is 9.38. The topological polar surface area (TPSA) is 105 Å². The van der Waals surface area contributed by atoms with E-state index >= 15 is 0 Å². The number of esters is 4. The van der Waals surface area contributed by atoms with Crippen molar-refractivity contribution >= 4 is 74.4 Å². The number of ether oxygens (including phenoxy) is 4. The lowest BCUT2D eigenvalue weighted by Gasteiger charge is -2.03. The van der Waals surface area contributed by atoms with Gasteiger partial charge in [0, 0.05) is 0 Å². The first-order chi connectivity index (χ1) is 12.4. The molecule has 0 heterocycles. The molecule has 0 aliphatic carbocycles. The summed E-state index contributed by atoms with van der Waals surface area (Å²) in [6.45, 7) is 0.827. The lowest BCUT2D eigenvalue weighted by atomic mass is 10.3. The molecule has 0 fully saturated rings. The van der Waals surface area contributed by atoms with Crippen LogP contribution in [0.2, 0.25) is 0 Å². The largest absolute Gasteiger partial charge is 0.465 e. The van der Waals surface area contributed by atoms with Crippen molar-refractivity contribution in [3.05, 3.63) is 0 Å². The minimum atomic E-state index is -0.430. The minimum Gasteiger partial charge on any atom is -0.465 e. The van der Waals surface area contributed by atoms with Crippen molar-refractivity contribution < 1.29 is 38.1 Å². The van der Waals surface area contributed by atoms with Gasteiger partial charge in [0.15, 0.2) is 0 Å². The van der Waals surface area contributed by atoms with Gasteiger partial charge in [0.05, 0.1) is 36.2 Å². The van der Waals surface area contributed by atoms with E-state index in [0.717, 1.165) is 0 Å². The van der Waals surface area contributed by atoms with Crippen LogP contribution in [0.5, 0.6) is 0 Å². The van der Waals surface area contributed by atoms with E-state index in [2.05, 4.69) is 60.0 Å². The van der Waals surface area contributed by atoms with Crippen LogP contribution in [0.3, 0.4) is 0 Å². The van der Waals surface area contributed by atoms with Crippen LogP contribution in [0.15, 0.2) is 0 Å². The molecule has 0 aromatic heterocycles. The summed E-state index contributed by atoms with van der Waals surface area (Å²) in [6.07, 6.45) is 1.36. The van der Waals surface area contributed by atoms with Crippen molar-refractivity contribution in [2.75, 3.05) is 49.4 Å². The van der Waals surface area contributed by atoms with Crippen molar-refractivity contribution in [2.45, 2.75) is 12.8 Å². The molecule has 0 bridgehead atoms. The molecule has 0 atom stereocenters. The molecule has 12 heteroatoms. The van der Waals surface area contributed by atoms with E-state index in [4.69, 9.17) is 9.47 Å². The first-order valence-corrected chi connectivity index (χ1v) is 10.00. The lowest BCUT2D eigenvalue weighted by Crippen LogP contribution is -2.14. The molecule has 0 aliphatic heterocycles. The van der Waals surface area contributed by atoms with Gasteiger partial charge in [0.1, 0.15) is 13.2 Å². The third kappa shape index (κ3) is 21.3. The summed E-state index contributed by atoms with van der Waals surface area (Å²) in [6, 6.07) is 0. The van der Waals surface area contributed by atoms with Crippen molar-refractivity contribution in [3.8, 4) is 0 Å². The van der Waals surface area contributed by atoms with Crippen LogP contribution in [0.25, 0.3) is 0 Å². The quantitative estimate of drug-likeness (QED) is 0.149. The molecule has 0 saturated carbocycles. The van der Waals surface area contributed by atoms with Crippen LogP contribution in [0.1, 0.15) is 12.8 Å². The van der Waals surface area contributed by atoms with E-state index in [1.165, 1.54) is 0 Å². The Labute approximate surface area is 174 Å². The molecule has 0 radical (unpaired) electrons. The van der Waals surface area contributed by atoms with Crippen LogP contribution < -0.4 is 0 Å². The van der Waals surface area contributed by atoms with E-state index < -0.39 is 11.9 Å². The number of carbonyl (C=O) groups is 4. The summed E-state index contributed by atoms with van der Waals surface area (Å²) < 4.78 is 18.6. The highest BCUT2D eigenvalue weighted by Gasteiger charge is 2.01. The Kier molecular flexibility index (Phi) is 21.8. The molecule has 26 heavy (non-hydrogen) atoms. The Balaban J connectivity index is 0. The van der Waals surface area contributed by atoms with Gasteiger partial charge in [-0.05, 0) is 12.8 Å². The second kappa shape index (κ2) is 20.6. The number of thiol groups is 4. The van der Waals surface area contributed by atoms with Crippen molar-refractivity contribution in [3.63, 3.8) is 0 Å². The van der Waals surface area contributed by atoms with Gasteiger partial charge in [-0.2, -0.15) is 50.5 Å². The summed E-state index contributed by atoms with van der Waals surface area (Å²) in [5, 5.41) is 0. The van der Waals surface area contributed by atoms with Gasteiger partial charge >= 0.3 is 23.9 Å². The fraction of sp³-hybridized carbons (Fsp3) is 0.714. The van der Waals surface area contributed by atoms with Gasteiger partial charge < -0.3 is 18.9 Å². The molecule has 0 amide bonds. The van der Waals surface area contributed by atoms with Crippen LogP contribution in [0, 0.1) is 0 Å². The summed E-state index contributed by atoms with van der Waals surface area (Å²) in [4.78, 5) is 42.2. The second-order valence-corrected chi connectivity index (χ2v) is 5.49. The zero-order valence-corrected chi connectivity index (χ0v) is 17.7. The fourth-order valence-electron chi connectivity index (χ4n) is 1.07. The van der Waals surface area contributed by atoms with Crippen molar-refractivity contribution in [2.24, 2.45) is 0 Å². The predicted molar refractivity (Wildman–Crippen MR) is 108 cm³/mol. The third-order valence-corrected chi connectivity index (χ3v) is 3.22. The lowest BCUT2D eigenvalue weighted by molar-refractivity contribution is -0.148. The number of unbranched alkanes of at least 4 members (excludes halogenated alkanes) is 1. The van der Waals surface area contributed by atoms with Crippen molar-refractivity contribution in [1.82, 2.24) is 0 Å². The highest BCUT2D eigenvalue weighted by Crippen LogP contribution is 1.94. The zero-order chi connectivity index (χ0) is 20.2. The smallest absolute Gasteiger partial charge is 0.315 e. The minimum absolute atomic E-state index is 0.0283. The molecule has 0 saturated heterocycles. The van der Waals surface area contributed by atoms with Gasteiger partial charge in [-0.25, -0.2) is 0 Å². The monoisotopic (exact) mass is 448 g/mol. The molecule has 8 nitrogen and oxygen atoms in total. The second-order valence-electron chi connectivity index (χ2n) is 4.22. The summed E-state index contributed by atoms with van der Waals surface area (Å²) in [5.41, 5.74) is 0.